The number of benzene rings is 2. The van der Waals surface area contributed by atoms with Crippen molar-refractivity contribution in [2.24, 2.45) is 0 Å². The van der Waals surface area contributed by atoms with Crippen LogP contribution in [-0.2, 0) is 14.3 Å². The standard InChI is InChI=1S/C28H39N3O6/c1-17-11-12-21(15-20(17)4)24(25(34)30-23-18(2)9-8-10-19(23)3)31(13-14-32)26(35)22(16-33)29-27(36)37-28(5,6)7/h8-12,15,22,24,32-33H,13-14,16H2,1-7H3,(H,29,36)(H,30,34). The van der Waals surface area contributed by atoms with Crippen molar-refractivity contribution in [3.05, 3.63) is 64.2 Å². The number of rotatable bonds is 9. The molecule has 9 nitrogen and oxygen atoms in total. The van der Waals surface area contributed by atoms with Gasteiger partial charge in [0.05, 0.1) is 13.2 Å². The molecule has 0 heterocycles. The molecule has 0 aliphatic rings. The van der Waals surface area contributed by atoms with Gasteiger partial charge in [-0.15, -0.1) is 0 Å². The zero-order valence-corrected chi connectivity index (χ0v) is 22.7. The quantitative estimate of drug-likeness (QED) is 0.407. The number of alkyl carbamates (subject to hydrolysis) is 1. The summed E-state index contributed by atoms with van der Waals surface area (Å²) in [4.78, 5) is 40.9. The molecular formula is C28H39N3O6. The van der Waals surface area contributed by atoms with Crippen LogP contribution in [0, 0.1) is 27.7 Å². The number of carbonyl (C=O) groups excluding carboxylic acids is 3. The summed E-state index contributed by atoms with van der Waals surface area (Å²) in [6.45, 7) is 11.2. The molecule has 2 unspecified atom stereocenters. The van der Waals surface area contributed by atoms with Gasteiger partial charge in [0.25, 0.3) is 5.91 Å². The summed E-state index contributed by atoms with van der Waals surface area (Å²) in [5.74, 6) is -1.22. The summed E-state index contributed by atoms with van der Waals surface area (Å²) in [5, 5.41) is 25.1. The normalized spacial score (nSPS) is 12.9. The summed E-state index contributed by atoms with van der Waals surface area (Å²) in [5.41, 5.74) is 3.98. The number of aliphatic hydroxyl groups is 2. The van der Waals surface area contributed by atoms with E-state index in [9.17, 15) is 24.6 Å². The Labute approximate surface area is 218 Å². The molecule has 202 valence electrons. The second-order valence-corrected chi connectivity index (χ2v) is 10.1. The largest absolute Gasteiger partial charge is 0.444 e. The minimum atomic E-state index is -1.39. The molecule has 2 rings (SSSR count). The molecule has 0 radical (unpaired) electrons. The van der Waals surface area contributed by atoms with E-state index in [0.29, 0.717) is 11.3 Å². The molecule has 0 spiro atoms. The molecule has 0 aliphatic heterocycles. The highest BCUT2D eigenvalue weighted by molar-refractivity contribution is 6.00. The first-order valence-corrected chi connectivity index (χ1v) is 12.2. The van der Waals surface area contributed by atoms with Crippen molar-refractivity contribution in [2.75, 3.05) is 25.1 Å². The fourth-order valence-electron chi connectivity index (χ4n) is 3.92. The van der Waals surface area contributed by atoms with Gasteiger partial charge in [0.15, 0.2) is 0 Å². The molecule has 0 aromatic heterocycles. The lowest BCUT2D eigenvalue weighted by atomic mass is 9.98. The van der Waals surface area contributed by atoms with Gasteiger partial charge in [0, 0.05) is 12.2 Å². The predicted molar refractivity (Wildman–Crippen MR) is 142 cm³/mol. The summed E-state index contributed by atoms with van der Waals surface area (Å²) in [7, 11) is 0. The highest BCUT2D eigenvalue weighted by Crippen LogP contribution is 2.28. The van der Waals surface area contributed by atoms with Gasteiger partial charge in [-0.3, -0.25) is 9.59 Å². The molecule has 0 aliphatic carbocycles. The SMILES string of the molecule is Cc1ccc(C(C(=O)Nc2c(C)cccc2C)N(CCO)C(=O)C(CO)NC(=O)OC(C)(C)C)cc1C. The van der Waals surface area contributed by atoms with E-state index in [2.05, 4.69) is 10.6 Å². The highest BCUT2D eigenvalue weighted by Gasteiger charge is 2.36. The summed E-state index contributed by atoms with van der Waals surface area (Å²) in [6.07, 6.45) is -0.883. The Morgan fingerprint density at radius 3 is 2.08 bits per heavy atom. The lowest BCUT2D eigenvalue weighted by Gasteiger charge is -2.34. The van der Waals surface area contributed by atoms with E-state index in [0.717, 1.165) is 22.3 Å². The molecular weight excluding hydrogens is 474 g/mol. The maximum absolute atomic E-state index is 13.8. The highest BCUT2D eigenvalue weighted by atomic mass is 16.6. The number of hydrogen-bond donors (Lipinski definition) is 4. The minimum Gasteiger partial charge on any atom is -0.444 e. The number of para-hydroxylation sites is 1. The van der Waals surface area contributed by atoms with Crippen LogP contribution in [0.25, 0.3) is 0 Å². The van der Waals surface area contributed by atoms with Crippen molar-refractivity contribution < 1.29 is 29.3 Å². The first-order chi connectivity index (χ1) is 17.3. The van der Waals surface area contributed by atoms with Gasteiger partial charge in [-0.2, -0.15) is 0 Å². The van der Waals surface area contributed by atoms with E-state index in [1.54, 1.807) is 26.8 Å². The van der Waals surface area contributed by atoms with E-state index >= 15 is 0 Å². The first kappa shape index (κ1) is 29.8. The van der Waals surface area contributed by atoms with Crippen molar-refractivity contribution in [2.45, 2.75) is 66.2 Å². The lowest BCUT2D eigenvalue weighted by Crippen LogP contribution is -2.54. The number of ether oxygens (including phenoxy) is 1. The van der Waals surface area contributed by atoms with Crippen molar-refractivity contribution in [3.63, 3.8) is 0 Å². The smallest absolute Gasteiger partial charge is 0.408 e. The Kier molecular flexibility index (Phi) is 10.2. The minimum absolute atomic E-state index is 0.205. The first-order valence-electron chi connectivity index (χ1n) is 12.2. The third kappa shape index (κ3) is 8.03. The monoisotopic (exact) mass is 513 g/mol. The van der Waals surface area contributed by atoms with Crippen LogP contribution in [0.1, 0.15) is 54.6 Å². The zero-order chi connectivity index (χ0) is 27.9. The predicted octanol–water partition coefficient (Wildman–Crippen LogP) is 3.31. The Morgan fingerprint density at radius 2 is 1.57 bits per heavy atom. The van der Waals surface area contributed by atoms with Crippen LogP contribution in [0.5, 0.6) is 0 Å². The summed E-state index contributed by atoms with van der Waals surface area (Å²) < 4.78 is 5.23. The molecule has 4 N–H and O–H groups in total. The molecule has 3 amide bonds. The van der Waals surface area contributed by atoms with Gasteiger partial charge in [0.1, 0.15) is 17.7 Å². The van der Waals surface area contributed by atoms with Gasteiger partial charge < -0.3 is 30.5 Å². The fraction of sp³-hybridized carbons (Fsp3) is 0.464. The average Bonchev–Trinajstić information content (AvgIpc) is 2.80. The van der Waals surface area contributed by atoms with E-state index < -0.39 is 48.8 Å². The maximum atomic E-state index is 13.8. The third-order valence-electron chi connectivity index (χ3n) is 5.93. The molecule has 0 saturated carbocycles. The van der Waals surface area contributed by atoms with E-state index in [4.69, 9.17) is 4.74 Å². The number of anilines is 1. The number of hydrogen-bond acceptors (Lipinski definition) is 6. The number of aliphatic hydroxyl groups excluding tert-OH is 2. The van der Waals surface area contributed by atoms with Crippen LogP contribution in [0.3, 0.4) is 0 Å². The van der Waals surface area contributed by atoms with Gasteiger partial charge in [-0.25, -0.2) is 4.79 Å². The van der Waals surface area contributed by atoms with Crippen LogP contribution >= 0.6 is 0 Å². The van der Waals surface area contributed by atoms with E-state index in [-0.39, 0.29) is 6.54 Å². The number of nitrogens with one attached hydrogen (secondary N) is 2. The Bertz CT molecular complexity index is 1110. The number of amides is 3. The Hall–Kier alpha value is -3.43. The van der Waals surface area contributed by atoms with E-state index in [1.807, 2.05) is 58.0 Å². The Balaban J connectivity index is 2.52. The topological polar surface area (TPSA) is 128 Å². The van der Waals surface area contributed by atoms with Crippen molar-refractivity contribution in [3.8, 4) is 0 Å². The zero-order valence-electron chi connectivity index (χ0n) is 22.7. The molecule has 0 bridgehead atoms. The van der Waals surface area contributed by atoms with Gasteiger partial charge >= 0.3 is 6.09 Å². The number of nitrogens with zero attached hydrogens (tertiary/aromatic N) is 1. The van der Waals surface area contributed by atoms with Crippen LogP contribution < -0.4 is 10.6 Å². The molecule has 9 heteroatoms. The number of carbonyl (C=O) groups is 3. The average molecular weight is 514 g/mol. The van der Waals surface area contributed by atoms with Crippen molar-refractivity contribution >= 4 is 23.6 Å². The van der Waals surface area contributed by atoms with Crippen LogP contribution in [0.15, 0.2) is 36.4 Å². The number of aryl methyl sites for hydroxylation is 4. The van der Waals surface area contributed by atoms with Gasteiger partial charge in [0.2, 0.25) is 5.91 Å². The molecule has 2 aromatic rings. The summed E-state index contributed by atoms with van der Waals surface area (Å²) in [6, 6.07) is 8.52. The molecule has 2 aromatic carbocycles. The molecule has 0 saturated heterocycles. The fourth-order valence-corrected chi connectivity index (χ4v) is 3.92. The van der Waals surface area contributed by atoms with Crippen LogP contribution in [-0.4, -0.2) is 64.4 Å². The lowest BCUT2D eigenvalue weighted by molar-refractivity contribution is -0.142. The molecule has 0 fully saturated rings. The second kappa shape index (κ2) is 12.7. The Morgan fingerprint density at radius 1 is 0.946 bits per heavy atom. The van der Waals surface area contributed by atoms with Crippen molar-refractivity contribution in [1.82, 2.24) is 10.2 Å². The maximum Gasteiger partial charge on any atom is 0.408 e. The van der Waals surface area contributed by atoms with Gasteiger partial charge in [-0.1, -0.05) is 36.4 Å². The second-order valence-electron chi connectivity index (χ2n) is 10.1. The third-order valence-corrected chi connectivity index (χ3v) is 5.93. The molecule has 2 atom stereocenters. The van der Waals surface area contributed by atoms with Gasteiger partial charge in [-0.05, 0) is 76.3 Å². The molecule has 37 heavy (non-hydrogen) atoms. The van der Waals surface area contributed by atoms with Crippen molar-refractivity contribution in [1.29, 1.82) is 0 Å². The van der Waals surface area contributed by atoms with E-state index in [1.165, 1.54) is 4.90 Å². The van der Waals surface area contributed by atoms with Crippen LogP contribution in [0.4, 0.5) is 10.5 Å². The summed E-state index contributed by atoms with van der Waals surface area (Å²) >= 11 is 0. The van der Waals surface area contributed by atoms with Crippen LogP contribution in [0.2, 0.25) is 0 Å².